The summed E-state index contributed by atoms with van der Waals surface area (Å²) in [4.78, 5) is 0.204. The summed E-state index contributed by atoms with van der Waals surface area (Å²) in [6, 6.07) is 29.8. The van der Waals surface area contributed by atoms with Gasteiger partial charge >= 0.3 is 0 Å². The van der Waals surface area contributed by atoms with Gasteiger partial charge in [0.15, 0.2) is 0 Å². The number of sulfone groups is 2. The van der Waals surface area contributed by atoms with Crippen LogP contribution < -0.4 is 9.47 Å². The van der Waals surface area contributed by atoms with E-state index in [9.17, 15) is 27.0 Å². The predicted molar refractivity (Wildman–Crippen MR) is 155 cm³/mol. The number of hydrogen-bond acceptors (Lipinski definition) is 8. The Hall–Kier alpha value is -4.80. The van der Waals surface area contributed by atoms with Gasteiger partial charge in [-0.1, -0.05) is 24.3 Å². The summed E-state index contributed by atoms with van der Waals surface area (Å²) in [6.45, 7) is 1.90. The first-order valence-electron chi connectivity index (χ1n) is 12.7. The summed E-state index contributed by atoms with van der Waals surface area (Å²) in [5.41, 5.74) is 1.61. The molecule has 0 aliphatic heterocycles. The number of benzene rings is 5. The van der Waals surface area contributed by atoms with Crippen molar-refractivity contribution in [3.63, 3.8) is 0 Å². The fourth-order valence-corrected chi connectivity index (χ4v) is 6.69. The minimum atomic E-state index is -3.81. The minimum absolute atomic E-state index is 0.0337. The molecule has 0 fully saturated rings. The highest BCUT2D eigenvalue weighted by molar-refractivity contribution is 7.91. The molecule has 0 aromatic heterocycles. The third-order valence-electron chi connectivity index (χ3n) is 6.49. The number of phenolic OH excluding ortho intramolecular Hbond substituents is 2. The Morgan fingerprint density at radius 3 is 1.19 bits per heavy atom. The molecule has 214 valence electrons. The molecule has 5 aromatic carbocycles. The van der Waals surface area contributed by atoms with E-state index in [1.54, 1.807) is 0 Å². The molecule has 42 heavy (non-hydrogen) atoms. The molecule has 0 aliphatic carbocycles. The van der Waals surface area contributed by atoms with Gasteiger partial charge in [-0.05, 0) is 110 Å². The van der Waals surface area contributed by atoms with Gasteiger partial charge < -0.3 is 19.7 Å². The van der Waals surface area contributed by atoms with Crippen LogP contribution in [-0.4, -0.2) is 27.0 Å². The monoisotopic (exact) mass is 602 g/mol. The van der Waals surface area contributed by atoms with Gasteiger partial charge in [0.1, 0.15) is 23.0 Å². The number of phenols is 2. The number of aromatic hydroxyl groups is 2. The fourth-order valence-electron chi connectivity index (χ4n) is 4.17. The highest BCUT2D eigenvalue weighted by Crippen LogP contribution is 2.31. The molecular formula is C32H26O8S2. The Morgan fingerprint density at radius 1 is 0.500 bits per heavy atom. The van der Waals surface area contributed by atoms with Gasteiger partial charge in [0.05, 0.1) is 19.6 Å². The Balaban J connectivity index is 1.39. The summed E-state index contributed by atoms with van der Waals surface area (Å²) >= 11 is 0. The molecule has 0 saturated heterocycles. The van der Waals surface area contributed by atoms with E-state index in [0.29, 0.717) is 11.5 Å². The zero-order valence-corrected chi connectivity index (χ0v) is 23.9. The Labute approximate surface area is 243 Å². The van der Waals surface area contributed by atoms with Crippen molar-refractivity contribution in [2.24, 2.45) is 0 Å². The van der Waals surface area contributed by atoms with Crippen LogP contribution in [0.5, 0.6) is 23.0 Å². The molecule has 0 amide bonds. The number of rotatable bonds is 9. The normalized spacial score (nSPS) is 11.8. The molecule has 0 saturated carbocycles. The summed E-state index contributed by atoms with van der Waals surface area (Å²) in [6.07, 6.45) is -0.940. The maximum Gasteiger partial charge on any atom is 0.267 e. The second kappa shape index (κ2) is 11.6. The van der Waals surface area contributed by atoms with Crippen LogP contribution in [0, 0.1) is 6.92 Å². The third-order valence-corrected chi connectivity index (χ3v) is 10.1. The largest absolute Gasteiger partial charge is 0.508 e. The van der Waals surface area contributed by atoms with Gasteiger partial charge in [0, 0.05) is 5.56 Å². The standard InChI is InChI=1S/C32H26O8S2/c1-22-4-2-3-5-31(22)32(39-25-10-18-29(19-11-25)41(35,36)27-14-6-23(33)7-15-27)40-26-12-20-30(21-13-26)42(37,38)28-16-8-24(34)9-17-28/h2-21,32-34H,1H3. The molecule has 0 unspecified atom stereocenters. The average Bonchev–Trinajstić information content (AvgIpc) is 2.98. The van der Waals surface area contributed by atoms with Crippen LogP contribution in [0.2, 0.25) is 0 Å². The lowest BCUT2D eigenvalue weighted by atomic mass is 10.1. The molecule has 0 spiro atoms. The SMILES string of the molecule is Cc1ccccc1C(Oc1ccc(S(=O)(=O)c2ccc(O)cc2)cc1)Oc1ccc(S(=O)(=O)c2ccc(O)cc2)cc1. The zero-order valence-electron chi connectivity index (χ0n) is 22.3. The van der Waals surface area contributed by atoms with Crippen LogP contribution >= 0.6 is 0 Å². The number of ether oxygens (including phenoxy) is 2. The zero-order chi connectivity index (χ0) is 29.9. The second-order valence-electron chi connectivity index (χ2n) is 9.36. The van der Waals surface area contributed by atoms with Crippen molar-refractivity contribution < 1.29 is 36.5 Å². The van der Waals surface area contributed by atoms with E-state index in [-0.39, 0.29) is 31.1 Å². The summed E-state index contributed by atoms with van der Waals surface area (Å²) in [5.74, 6) is 0.626. The molecule has 10 heteroatoms. The summed E-state index contributed by atoms with van der Waals surface area (Å²) in [5, 5.41) is 19.0. The van der Waals surface area contributed by atoms with Crippen molar-refractivity contribution in [1.82, 2.24) is 0 Å². The lowest BCUT2D eigenvalue weighted by molar-refractivity contribution is 0.00326. The van der Waals surface area contributed by atoms with E-state index >= 15 is 0 Å². The van der Waals surface area contributed by atoms with Crippen molar-refractivity contribution in [3.05, 3.63) is 132 Å². The highest BCUT2D eigenvalue weighted by atomic mass is 32.2. The van der Waals surface area contributed by atoms with Crippen molar-refractivity contribution in [1.29, 1.82) is 0 Å². The molecule has 2 N–H and O–H groups in total. The lowest BCUT2D eigenvalue weighted by Crippen LogP contribution is -2.16. The molecular weight excluding hydrogens is 576 g/mol. The van der Waals surface area contributed by atoms with E-state index in [0.717, 1.165) is 11.1 Å². The van der Waals surface area contributed by atoms with Crippen molar-refractivity contribution in [3.8, 4) is 23.0 Å². The number of aryl methyl sites for hydroxylation is 1. The van der Waals surface area contributed by atoms with Gasteiger partial charge in [-0.25, -0.2) is 16.8 Å². The smallest absolute Gasteiger partial charge is 0.267 e. The van der Waals surface area contributed by atoms with E-state index in [1.165, 1.54) is 97.1 Å². The Morgan fingerprint density at radius 2 is 0.833 bits per heavy atom. The highest BCUT2D eigenvalue weighted by Gasteiger charge is 2.22. The molecule has 5 rings (SSSR count). The predicted octanol–water partition coefficient (Wildman–Crippen LogP) is 6.23. The quantitative estimate of drug-likeness (QED) is 0.190. The maximum absolute atomic E-state index is 13.0. The summed E-state index contributed by atoms with van der Waals surface area (Å²) < 4.78 is 64.3. The van der Waals surface area contributed by atoms with Crippen molar-refractivity contribution >= 4 is 19.7 Å². The molecule has 0 bridgehead atoms. The first-order chi connectivity index (χ1) is 20.0. The van der Waals surface area contributed by atoms with Crippen LogP contribution in [0.1, 0.15) is 17.4 Å². The molecule has 8 nitrogen and oxygen atoms in total. The first-order valence-corrected chi connectivity index (χ1v) is 15.7. The average molecular weight is 603 g/mol. The van der Waals surface area contributed by atoms with Gasteiger partial charge in [-0.15, -0.1) is 0 Å². The third kappa shape index (κ3) is 6.09. The van der Waals surface area contributed by atoms with E-state index < -0.39 is 26.0 Å². The van der Waals surface area contributed by atoms with Gasteiger partial charge in [-0.2, -0.15) is 0 Å². The molecule has 0 radical (unpaired) electrons. The molecule has 0 aliphatic rings. The van der Waals surface area contributed by atoms with Crippen LogP contribution in [0.25, 0.3) is 0 Å². The lowest BCUT2D eigenvalue weighted by Gasteiger charge is -2.22. The van der Waals surface area contributed by atoms with E-state index in [4.69, 9.17) is 9.47 Å². The van der Waals surface area contributed by atoms with Gasteiger partial charge in [0.25, 0.3) is 6.29 Å². The second-order valence-corrected chi connectivity index (χ2v) is 13.3. The molecule has 0 heterocycles. The van der Waals surface area contributed by atoms with Crippen LogP contribution in [-0.2, 0) is 19.7 Å². The Bertz CT molecular complexity index is 1780. The minimum Gasteiger partial charge on any atom is -0.508 e. The van der Waals surface area contributed by atoms with Crippen molar-refractivity contribution in [2.45, 2.75) is 32.8 Å². The number of hydrogen-bond donors (Lipinski definition) is 2. The van der Waals surface area contributed by atoms with E-state index in [1.807, 2.05) is 31.2 Å². The molecule has 5 aromatic rings. The van der Waals surface area contributed by atoms with Crippen LogP contribution in [0.3, 0.4) is 0 Å². The molecule has 0 atom stereocenters. The van der Waals surface area contributed by atoms with Gasteiger partial charge in [0.2, 0.25) is 19.7 Å². The topological polar surface area (TPSA) is 127 Å². The first kappa shape index (κ1) is 28.7. The summed E-state index contributed by atoms with van der Waals surface area (Å²) in [7, 11) is -7.61. The van der Waals surface area contributed by atoms with Crippen LogP contribution in [0.15, 0.2) is 141 Å². The maximum atomic E-state index is 13.0. The Kier molecular flexibility index (Phi) is 7.93. The van der Waals surface area contributed by atoms with E-state index in [2.05, 4.69) is 0 Å². The fraction of sp³-hybridized carbons (Fsp3) is 0.0625. The van der Waals surface area contributed by atoms with Gasteiger partial charge in [-0.3, -0.25) is 0 Å². The van der Waals surface area contributed by atoms with Crippen LogP contribution in [0.4, 0.5) is 0 Å². The van der Waals surface area contributed by atoms with Crippen molar-refractivity contribution in [2.75, 3.05) is 0 Å².